The van der Waals surface area contributed by atoms with Crippen molar-refractivity contribution in [3.8, 4) is 11.8 Å². The fraction of sp³-hybridized carbons (Fsp3) is 0.290. The van der Waals surface area contributed by atoms with Crippen LogP contribution in [-0.4, -0.2) is 32.6 Å². The van der Waals surface area contributed by atoms with E-state index < -0.39 is 34.2 Å². The molecule has 0 atom stereocenters. The fourth-order valence-corrected chi connectivity index (χ4v) is 5.67. The van der Waals surface area contributed by atoms with Crippen molar-refractivity contribution < 1.29 is 27.5 Å². The summed E-state index contributed by atoms with van der Waals surface area (Å²) in [6.45, 7) is 3.22. The van der Waals surface area contributed by atoms with Crippen LogP contribution in [-0.2, 0) is 19.6 Å². The quantitative estimate of drug-likeness (QED) is 0.149. The number of carbonyl (C=O) groups excluding carboxylic acids is 3. The number of nitrogens with zero attached hydrogens (tertiary/aromatic N) is 1. The average molecular weight is 645 g/mol. The molecule has 0 saturated heterocycles. The molecule has 2 amide bonds. The van der Waals surface area contributed by atoms with Gasteiger partial charge in [-0.2, -0.15) is 5.26 Å². The number of carbonyl (C=O) groups is 3. The second-order valence-electron chi connectivity index (χ2n) is 9.82. The molecule has 0 aliphatic carbocycles. The zero-order chi connectivity index (χ0) is 31.6. The summed E-state index contributed by atoms with van der Waals surface area (Å²) in [5.41, 5.74) is 1.20. The largest absolute Gasteiger partial charge is 0.483 e. The van der Waals surface area contributed by atoms with Gasteiger partial charge in [-0.25, -0.2) is 13.1 Å². The lowest BCUT2D eigenvalue weighted by molar-refractivity contribution is -0.119. The second kappa shape index (κ2) is 15.5. The zero-order valence-corrected chi connectivity index (χ0v) is 26.0. The van der Waals surface area contributed by atoms with Crippen LogP contribution in [0.1, 0.15) is 72.5 Å². The van der Waals surface area contributed by atoms with Gasteiger partial charge in [-0.1, -0.05) is 55.8 Å². The first-order chi connectivity index (χ1) is 20.4. The maximum atomic E-state index is 13.2. The molecule has 43 heavy (non-hydrogen) atoms. The van der Waals surface area contributed by atoms with Crippen LogP contribution in [0.2, 0.25) is 10.0 Å². The molecule has 2 N–H and O–H groups in total. The fourth-order valence-electron chi connectivity index (χ4n) is 4.17. The van der Waals surface area contributed by atoms with Gasteiger partial charge in [0.25, 0.3) is 15.9 Å². The lowest BCUT2D eigenvalue weighted by atomic mass is 10.0. The van der Waals surface area contributed by atoms with Crippen molar-refractivity contribution in [1.29, 1.82) is 5.26 Å². The number of ketones is 1. The zero-order valence-electron chi connectivity index (χ0n) is 23.7. The molecular formula is C31H31Cl2N3O6S. The number of rotatable bonds is 14. The molecule has 0 saturated carbocycles. The number of benzene rings is 3. The molecule has 0 aliphatic heterocycles. The van der Waals surface area contributed by atoms with Gasteiger partial charge >= 0.3 is 0 Å². The molecule has 0 aliphatic rings. The predicted octanol–water partition coefficient (Wildman–Crippen LogP) is 6.59. The van der Waals surface area contributed by atoms with Crippen molar-refractivity contribution >= 4 is 56.5 Å². The highest BCUT2D eigenvalue weighted by molar-refractivity contribution is 7.90. The minimum atomic E-state index is -4.07. The Hall–Kier alpha value is -3.91. The second-order valence-corrected chi connectivity index (χ2v) is 12.4. The van der Waals surface area contributed by atoms with Crippen molar-refractivity contribution in [2.45, 2.75) is 57.3 Å². The summed E-state index contributed by atoms with van der Waals surface area (Å²) in [6, 6.07) is 14.6. The van der Waals surface area contributed by atoms with Crippen LogP contribution in [0.25, 0.3) is 0 Å². The summed E-state index contributed by atoms with van der Waals surface area (Å²) < 4.78 is 33.1. The Balaban J connectivity index is 1.65. The molecule has 3 aromatic carbocycles. The number of nitriles is 1. The van der Waals surface area contributed by atoms with E-state index in [0.29, 0.717) is 17.7 Å². The van der Waals surface area contributed by atoms with Gasteiger partial charge in [0.1, 0.15) is 5.75 Å². The van der Waals surface area contributed by atoms with Crippen molar-refractivity contribution in [3.63, 3.8) is 0 Å². The number of hydrogen-bond donors (Lipinski definition) is 2. The number of aryl methyl sites for hydroxylation is 1. The molecule has 0 radical (unpaired) electrons. The van der Waals surface area contributed by atoms with Crippen LogP contribution in [0, 0.1) is 18.3 Å². The summed E-state index contributed by atoms with van der Waals surface area (Å²) in [6.07, 6.45) is 4.74. The number of sulfonamides is 1. The van der Waals surface area contributed by atoms with Gasteiger partial charge in [0.05, 0.1) is 22.1 Å². The van der Waals surface area contributed by atoms with Gasteiger partial charge in [0.2, 0.25) is 5.91 Å². The normalized spacial score (nSPS) is 11.0. The molecule has 9 nitrogen and oxygen atoms in total. The number of halogens is 2. The molecule has 0 heterocycles. The molecule has 12 heteroatoms. The highest BCUT2D eigenvalue weighted by Gasteiger charge is 2.20. The van der Waals surface area contributed by atoms with E-state index in [1.165, 1.54) is 54.6 Å². The van der Waals surface area contributed by atoms with E-state index in [4.69, 9.17) is 27.9 Å². The maximum Gasteiger partial charge on any atom is 0.264 e. The molecule has 226 valence electrons. The topological polar surface area (TPSA) is 142 Å². The Kier molecular flexibility index (Phi) is 12.1. The number of ether oxygens (including phenoxy) is 1. The molecule has 0 bridgehead atoms. The number of anilines is 1. The van der Waals surface area contributed by atoms with Crippen LogP contribution >= 0.6 is 23.2 Å². The predicted molar refractivity (Wildman–Crippen MR) is 165 cm³/mol. The van der Waals surface area contributed by atoms with Crippen molar-refractivity contribution in [3.05, 3.63) is 86.9 Å². The van der Waals surface area contributed by atoms with Gasteiger partial charge in [0, 0.05) is 27.7 Å². The Morgan fingerprint density at radius 2 is 1.65 bits per heavy atom. The maximum absolute atomic E-state index is 13.2. The van der Waals surface area contributed by atoms with Crippen LogP contribution < -0.4 is 14.8 Å². The minimum absolute atomic E-state index is 0.0696. The molecule has 0 fully saturated rings. The Morgan fingerprint density at radius 1 is 0.907 bits per heavy atom. The smallest absolute Gasteiger partial charge is 0.264 e. The Bertz CT molecular complexity index is 1670. The van der Waals surface area contributed by atoms with Gasteiger partial charge in [-0.15, -0.1) is 0 Å². The number of unbranched alkanes of at least 4 members (excludes halogenated alkanes) is 4. The van der Waals surface area contributed by atoms with Crippen molar-refractivity contribution in [2.75, 3.05) is 11.9 Å². The van der Waals surface area contributed by atoms with E-state index in [2.05, 4.69) is 17.0 Å². The lowest BCUT2D eigenvalue weighted by Gasteiger charge is -2.14. The first-order valence-corrected chi connectivity index (χ1v) is 15.8. The van der Waals surface area contributed by atoms with Gasteiger partial charge in [-0.05, 0) is 73.5 Å². The third-order valence-corrected chi connectivity index (χ3v) is 8.20. The number of nitrogens with one attached hydrogen (secondary N) is 2. The van der Waals surface area contributed by atoms with Crippen LogP contribution in [0.15, 0.2) is 59.5 Å². The summed E-state index contributed by atoms with van der Waals surface area (Å²) >= 11 is 12.2. The highest BCUT2D eigenvalue weighted by atomic mass is 35.5. The molecular weight excluding hydrogens is 613 g/mol. The molecule has 3 aromatic rings. The van der Waals surface area contributed by atoms with E-state index >= 15 is 0 Å². The summed E-state index contributed by atoms with van der Waals surface area (Å²) in [4.78, 5) is 38.0. The van der Waals surface area contributed by atoms with Gasteiger partial charge in [-0.3, -0.25) is 14.4 Å². The van der Waals surface area contributed by atoms with E-state index in [0.717, 1.165) is 25.7 Å². The number of amides is 2. The molecule has 0 aromatic heterocycles. The van der Waals surface area contributed by atoms with Crippen LogP contribution in [0.5, 0.6) is 5.75 Å². The first kappa shape index (κ1) is 33.6. The van der Waals surface area contributed by atoms with Gasteiger partial charge in [0.15, 0.2) is 12.4 Å². The highest BCUT2D eigenvalue weighted by Crippen LogP contribution is 2.27. The summed E-state index contributed by atoms with van der Waals surface area (Å²) in [7, 11) is -4.07. The van der Waals surface area contributed by atoms with Crippen molar-refractivity contribution in [2.24, 2.45) is 0 Å². The van der Waals surface area contributed by atoms with E-state index in [-0.39, 0.29) is 43.8 Å². The van der Waals surface area contributed by atoms with Crippen molar-refractivity contribution in [1.82, 2.24) is 4.72 Å². The van der Waals surface area contributed by atoms with E-state index in [1.807, 2.05) is 6.07 Å². The third kappa shape index (κ3) is 9.82. The summed E-state index contributed by atoms with van der Waals surface area (Å²) in [5.74, 6) is -1.56. The number of hydrogen-bond acceptors (Lipinski definition) is 7. The minimum Gasteiger partial charge on any atom is -0.483 e. The SMILES string of the molecule is CCCCCCCC(=O)NS(=O)(=O)c1ccc(NC(=O)COc2ccc(Cl)cc2C(=O)c2cc(Cl)cc(C#N)c2)c(C)c1. The van der Waals surface area contributed by atoms with Crippen LogP contribution in [0.3, 0.4) is 0 Å². The Labute approximate surface area is 261 Å². The molecule has 0 spiro atoms. The van der Waals surface area contributed by atoms with E-state index in [9.17, 15) is 28.1 Å². The average Bonchev–Trinajstić information content (AvgIpc) is 2.96. The van der Waals surface area contributed by atoms with E-state index in [1.54, 1.807) is 6.92 Å². The summed E-state index contributed by atoms with van der Waals surface area (Å²) in [5, 5.41) is 12.3. The third-order valence-electron chi connectivity index (χ3n) is 6.37. The molecule has 0 unspecified atom stereocenters. The molecule has 3 rings (SSSR count). The van der Waals surface area contributed by atoms with Gasteiger partial charge < -0.3 is 10.1 Å². The Morgan fingerprint density at radius 3 is 2.35 bits per heavy atom. The first-order valence-electron chi connectivity index (χ1n) is 13.6. The lowest BCUT2D eigenvalue weighted by Crippen LogP contribution is -2.30. The monoisotopic (exact) mass is 643 g/mol. The van der Waals surface area contributed by atoms with Crippen LogP contribution in [0.4, 0.5) is 5.69 Å². The standard InChI is InChI=1S/C31H31Cl2N3O6S/c1-3-4-5-6-7-8-29(37)36-43(40,41)25-10-11-27(20(2)13-25)35-30(38)19-42-28-12-9-23(32)17-26(28)31(39)22-14-21(18-34)15-24(33)16-22/h9-17H,3-8,19H2,1-2H3,(H,35,38)(H,36,37).